The number of rotatable bonds is 11. The Bertz CT molecular complexity index is 3930. The van der Waals surface area contributed by atoms with Gasteiger partial charge in [0.25, 0.3) is 23.6 Å². The van der Waals surface area contributed by atoms with Gasteiger partial charge in [0, 0.05) is 53.2 Å². The lowest BCUT2D eigenvalue weighted by Crippen LogP contribution is -2.47. The highest BCUT2D eigenvalue weighted by molar-refractivity contribution is 7.15. The number of thiazole rings is 6. The number of aliphatic hydroxyl groups excluding tert-OH is 1. The number of aliphatic hydroxyl groups is 1. The van der Waals surface area contributed by atoms with Gasteiger partial charge in [-0.15, -0.1) is 68.0 Å². The van der Waals surface area contributed by atoms with Crippen molar-refractivity contribution in [2.75, 3.05) is 33.9 Å². The quantitative estimate of drug-likeness (QED) is 0.0825. The molecule has 10 bridgehead atoms. The molecule has 6 atom stereocenters. The number of methoxy groups -OCH3 is 1. The molecule has 7 aromatic heterocycles. The zero-order valence-corrected chi connectivity index (χ0v) is 51.0. The summed E-state index contributed by atoms with van der Waals surface area (Å²) in [5.74, 6) is -3.93. The van der Waals surface area contributed by atoms with E-state index in [1.165, 1.54) is 69.8 Å². The van der Waals surface area contributed by atoms with Gasteiger partial charge in [0.2, 0.25) is 23.6 Å². The van der Waals surface area contributed by atoms with Crippen molar-refractivity contribution in [1.29, 1.82) is 0 Å². The first kappa shape index (κ1) is 59.6. The Hall–Kier alpha value is -8.17. The third-order valence-electron chi connectivity index (χ3n) is 14.0. The zero-order chi connectivity index (χ0) is 60.3. The van der Waals surface area contributed by atoms with Crippen LogP contribution in [0.15, 0.2) is 74.4 Å². The number of ether oxygens (including phenoxy) is 2. The van der Waals surface area contributed by atoms with E-state index in [2.05, 4.69) is 41.5 Å². The standard InChI is InChI=1S/C55H53N15O10S6/c1-24(2)39-54-69-41(36(86-54)18-79-4)47(77)58-16-38(72)67-42(43(73)25-9-6-5-7-10-25)53-66-34(23-85-53)52-62-30(19-82-52)40-26(49-63-31(20-81-49)45(75)60-28(15-37(71)57-3)51-64-32(21-83-51)46(76)68-39)12-13-27(59-40)50-65-33(22-84-50)48-61-29(17-80-48)55(78)70-14-8-11-35(70)44(56)74/h5-7,9-10,12-13,19-24,28-29,35,39,42-43,73H,8,11,14-18H2,1-4H3,(H2,56,74)(H,57,71)(H,58,77)(H,60,75)(H,67,72)(H,68,76). The number of aliphatic imine (C=N–C) groups is 1. The summed E-state index contributed by atoms with van der Waals surface area (Å²) in [6.45, 7) is 3.59. The molecule has 3 aliphatic heterocycles. The summed E-state index contributed by atoms with van der Waals surface area (Å²) in [7, 11) is 2.93. The first-order chi connectivity index (χ1) is 41.5. The Balaban J connectivity index is 0.962. The lowest BCUT2D eigenvalue weighted by molar-refractivity contribution is -0.138. The van der Waals surface area contributed by atoms with Gasteiger partial charge in [-0.05, 0) is 36.5 Å². The summed E-state index contributed by atoms with van der Waals surface area (Å²) >= 11 is 7.12. The van der Waals surface area contributed by atoms with Crippen LogP contribution in [0.25, 0.3) is 43.4 Å². The number of nitrogens with zero attached hydrogens (tertiary/aromatic N) is 9. The molecular formula is C55H53N15O10S6. The second-order valence-corrected chi connectivity index (χ2v) is 25.6. The molecule has 0 radical (unpaired) electrons. The molecule has 25 nitrogen and oxygen atoms in total. The smallest absolute Gasteiger partial charge is 0.271 e. The summed E-state index contributed by atoms with van der Waals surface area (Å²) in [5, 5.41) is 36.7. The number of aromatic nitrogens is 7. The van der Waals surface area contributed by atoms with Gasteiger partial charge < -0.3 is 51.8 Å². The minimum atomic E-state index is -1.28. The summed E-state index contributed by atoms with van der Waals surface area (Å²) in [6.07, 6.45) is -0.371. The fraction of sp³-hybridized carbons (Fsp3) is 0.327. The van der Waals surface area contributed by atoms with Crippen LogP contribution in [0.2, 0.25) is 0 Å². The van der Waals surface area contributed by atoms with E-state index in [0.29, 0.717) is 88.9 Å². The predicted octanol–water partition coefficient (Wildman–Crippen LogP) is 5.63. The van der Waals surface area contributed by atoms with Crippen molar-refractivity contribution in [3.63, 3.8) is 0 Å². The molecule has 1 aromatic carbocycles. The number of hydrogen-bond acceptors (Lipinski definition) is 24. The van der Waals surface area contributed by atoms with E-state index in [9.17, 15) is 38.7 Å². The number of fused-ring (bicyclic) bond motifs is 14. The third-order valence-corrected chi connectivity index (χ3v) is 19.6. The molecule has 8 N–H and O–H groups in total. The highest BCUT2D eigenvalue weighted by Crippen LogP contribution is 2.40. The maximum absolute atomic E-state index is 14.3. The van der Waals surface area contributed by atoms with Gasteiger partial charge in [-0.25, -0.2) is 39.9 Å². The van der Waals surface area contributed by atoms with Crippen molar-refractivity contribution >= 4 is 115 Å². The van der Waals surface area contributed by atoms with E-state index in [4.69, 9.17) is 40.1 Å². The SMILES string of the molecule is CNC(=O)CC1NC(=O)c2csc(n2)-c2ccc(-c3nc(C4=NC(C(=O)N5CCCC5C(N)=O)CO4)cs3)nc2-c2csc(n2)-c2csc(n2)C(C(O)c2ccccc2)NC(=O)CNC(=O)c2nc(sc2COC)C(C(C)C)NC(=O)c2csc1n2. The van der Waals surface area contributed by atoms with E-state index in [1.807, 2.05) is 13.8 Å². The number of pyridine rings is 1. The first-order valence-electron chi connectivity index (χ1n) is 26.8. The molecule has 10 heterocycles. The van der Waals surface area contributed by atoms with Crippen molar-refractivity contribution in [2.45, 2.75) is 76.0 Å². The fourth-order valence-corrected chi connectivity index (χ4v) is 15.0. The Morgan fingerprint density at radius 3 is 2.19 bits per heavy atom. The minimum absolute atomic E-state index is 0.000262. The average molecular weight is 1280 g/mol. The number of likely N-dealkylation sites (tertiary alicyclic amines) is 1. The van der Waals surface area contributed by atoms with E-state index in [1.54, 1.807) is 64.0 Å². The van der Waals surface area contributed by atoms with Crippen molar-refractivity contribution in [1.82, 2.24) is 66.4 Å². The van der Waals surface area contributed by atoms with Crippen molar-refractivity contribution in [3.8, 4) is 43.4 Å². The van der Waals surface area contributed by atoms with Crippen LogP contribution in [0.5, 0.6) is 0 Å². The van der Waals surface area contributed by atoms with Gasteiger partial charge in [-0.3, -0.25) is 33.6 Å². The zero-order valence-electron chi connectivity index (χ0n) is 46.1. The summed E-state index contributed by atoms with van der Waals surface area (Å²) < 4.78 is 11.3. The van der Waals surface area contributed by atoms with E-state index >= 15 is 0 Å². The highest BCUT2D eigenvalue weighted by atomic mass is 32.1. The molecule has 1 fully saturated rings. The number of carbonyl (C=O) groups excluding carboxylic acids is 7. The second kappa shape index (κ2) is 25.8. The molecular weight excluding hydrogens is 1220 g/mol. The molecule has 0 spiro atoms. The maximum Gasteiger partial charge on any atom is 0.271 e. The van der Waals surface area contributed by atoms with Crippen molar-refractivity contribution < 1.29 is 48.1 Å². The topological polar surface area (TPSA) is 350 Å². The van der Waals surface area contributed by atoms with Crippen LogP contribution in [-0.4, -0.2) is 138 Å². The van der Waals surface area contributed by atoms with Gasteiger partial charge in [-0.1, -0.05) is 44.2 Å². The molecule has 0 aliphatic carbocycles. The minimum Gasteiger partial charge on any atom is -0.473 e. The molecule has 86 heavy (non-hydrogen) atoms. The Morgan fingerprint density at radius 1 is 0.744 bits per heavy atom. The van der Waals surface area contributed by atoms with Gasteiger partial charge in [0.1, 0.15) is 94.7 Å². The first-order valence-corrected chi connectivity index (χ1v) is 32.0. The Kier molecular flexibility index (Phi) is 17.9. The Labute approximate surface area is 514 Å². The molecule has 6 unspecified atom stereocenters. The third kappa shape index (κ3) is 12.7. The predicted molar refractivity (Wildman–Crippen MR) is 322 cm³/mol. The Morgan fingerprint density at radius 2 is 1.42 bits per heavy atom. The lowest BCUT2D eigenvalue weighted by atomic mass is 10.0. The highest BCUT2D eigenvalue weighted by Gasteiger charge is 2.39. The van der Waals surface area contributed by atoms with E-state index in [-0.39, 0.29) is 59.4 Å². The molecule has 8 aromatic rings. The number of nitrogens with two attached hydrogens (primary N) is 1. The fourth-order valence-electron chi connectivity index (χ4n) is 9.62. The lowest BCUT2D eigenvalue weighted by Gasteiger charge is -2.23. The normalized spacial score (nSPS) is 19.6. The molecule has 3 aliphatic rings. The molecule has 444 valence electrons. The van der Waals surface area contributed by atoms with Crippen LogP contribution in [0.4, 0.5) is 0 Å². The van der Waals surface area contributed by atoms with Crippen LogP contribution >= 0.6 is 68.0 Å². The van der Waals surface area contributed by atoms with Crippen LogP contribution in [-0.2, 0) is 35.3 Å². The molecule has 11 rings (SSSR count). The maximum atomic E-state index is 14.3. The van der Waals surface area contributed by atoms with Gasteiger partial charge in [-0.2, -0.15) is 0 Å². The van der Waals surface area contributed by atoms with Gasteiger partial charge in [0.15, 0.2) is 6.04 Å². The van der Waals surface area contributed by atoms with Gasteiger partial charge >= 0.3 is 0 Å². The molecule has 7 amide bonds. The van der Waals surface area contributed by atoms with Gasteiger partial charge in [0.05, 0.1) is 42.2 Å². The van der Waals surface area contributed by atoms with E-state index < -0.39 is 78.3 Å². The largest absolute Gasteiger partial charge is 0.473 e. The average Bonchev–Trinajstić information content (AvgIpc) is 4.06. The number of primary amides is 1. The summed E-state index contributed by atoms with van der Waals surface area (Å²) in [6, 6.07) is 7.92. The van der Waals surface area contributed by atoms with Crippen LogP contribution in [0, 0.1) is 5.92 Å². The monoisotopic (exact) mass is 1280 g/mol. The van der Waals surface area contributed by atoms with Crippen LogP contribution in [0.3, 0.4) is 0 Å². The summed E-state index contributed by atoms with van der Waals surface area (Å²) in [5.41, 5.74) is 8.60. The molecule has 31 heteroatoms. The molecule has 1 saturated heterocycles. The molecule has 0 saturated carbocycles. The number of hydrogen-bond donors (Lipinski definition) is 7. The van der Waals surface area contributed by atoms with Crippen LogP contribution in [0.1, 0.15) is 120 Å². The van der Waals surface area contributed by atoms with Crippen molar-refractivity contribution in [3.05, 3.63) is 118 Å². The summed E-state index contributed by atoms with van der Waals surface area (Å²) in [4.78, 5) is 135. The number of amides is 7. The second-order valence-electron chi connectivity index (χ2n) is 20.1. The van der Waals surface area contributed by atoms with E-state index in [0.717, 1.165) is 22.7 Å². The number of nitrogens with one attached hydrogen (secondary N) is 5. The van der Waals surface area contributed by atoms with Crippen molar-refractivity contribution in [2.24, 2.45) is 16.6 Å². The van der Waals surface area contributed by atoms with Crippen LogP contribution < -0.4 is 32.3 Å². The number of carbonyl (C=O) groups is 7. The number of benzene rings is 1.